The maximum Gasteiger partial charge on any atom is 0.0943 e. The van der Waals surface area contributed by atoms with Gasteiger partial charge in [0.15, 0.2) is 0 Å². The first-order chi connectivity index (χ1) is 8.45. The molecule has 1 aliphatic heterocycles. The molecule has 3 nitrogen and oxygen atoms in total. The number of rotatable bonds is 4. The molecule has 2 atom stereocenters. The number of nitrogens with zero attached hydrogens (tertiary/aromatic N) is 1. The minimum atomic E-state index is 0.137. The van der Waals surface area contributed by atoms with Gasteiger partial charge in [-0.05, 0) is 18.8 Å². The summed E-state index contributed by atoms with van der Waals surface area (Å²) in [6, 6.07) is 0.218. The second kappa shape index (κ2) is 5.68. The Kier molecular flexibility index (Phi) is 4.41. The van der Waals surface area contributed by atoms with Crippen molar-refractivity contribution in [2.45, 2.75) is 51.5 Å². The first kappa shape index (κ1) is 14.0. The quantitative estimate of drug-likeness (QED) is 0.913. The maximum absolute atomic E-state index is 6.21. The molecule has 2 N–H and O–H groups in total. The predicted octanol–water partition coefficient (Wildman–Crippen LogP) is 2.74. The Hall–Kier alpha value is -0.450. The van der Waals surface area contributed by atoms with Gasteiger partial charge in [0.2, 0.25) is 0 Å². The first-order valence-corrected chi connectivity index (χ1v) is 7.61. The van der Waals surface area contributed by atoms with Crippen molar-refractivity contribution >= 4 is 11.3 Å². The average Bonchev–Trinajstić information content (AvgIpc) is 2.87. The highest BCUT2D eigenvalue weighted by molar-refractivity contribution is 7.09. The van der Waals surface area contributed by atoms with Crippen molar-refractivity contribution in [1.82, 2.24) is 4.98 Å². The van der Waals surface area contributed by atoms with Gasteiger partial charge in [-0.25, -0.2) is 4.98 Å². The summed E-state index contributed by atoms with van der Waals surface area (Å²) < 4.78 is 5.39. The summed E-state index contributed by atoms with van der Waals surface area (Å²) in [6.45, 7) is 8.38. The van der Waals surface area contributed by atoms with Gasteiger partial charge in [0.25, 0.3) is 0 Å². The van der Waals surface area contributed by atoms with Crippen LogP contribution in [0.2, 0.25) is 0 Å². The fourth-order valence-corrected chi connectivity index (χ4v) is 3.37. The van der Waals surface area contributed by atoms with E-state index in [2.05, 4.69) is 26.2 Å². The predicted molar refractivity (Wildman–Crippen MR) is 76.0 cm³/mol. The van der Waals surface area contributed by atoms with Crippen molar-refractivity contribution in [3.8, 4) is 0 Å². The lowest BCUT2D eigenvalue weighted by Crippen LogP contribution is -2.26. The average molecular weight is 268 g/mol. The first-order valence-electron chi connectivity index (χ1n) is 6.73. The molecule has 1 aromatic heterocycles. The highest BCUT2D eigenvalue weighted by atomic mass is 32.1. The Bertz CT molecular complexity index is 377. The van der Waals surface area contributed by atoms with Crippen LogP contribution < -0.4 is 5.73 Å². The number of thiazole rings is 1. The zero-order chi connectivity index (χ0) is 13.2. The van der Waals surface area contributed by atoms with Crippen molar-refractivity contribution in [3.05, 3.63) is 16.1 Å². The van der Waals surface area contributed by atoms with Gasteiger partial charge in [0, 0.05) is 36.5 Å². The molecule has 0 bridgehead atoms. The van der Waals surface area contributed by atoms with Crippen LogP contribution in [0.4, 0.5) is 0 Å². The third-order valence-electron chi connectivity index (χ3n) is 3.42. The summed E-state index contributed by atoms with van der Waals surface area (Å²) in [5.41, 5.74) is 7.53. The van der Waals surface area contributed by atoms with Crippen LogP contribution in [0.25, 0.3) is 0 Å². The molecule has 2 rings (SSSR count). The SMILES string of the molecule is CC(C)(C)c1csc(CC(N)CC2CCOC2)n1. The molecule has 1 aromatic rings. The van der Waals surface area contributed by atoms with Crippen molar-refractivity contribution in [2.75, 3.05) is 13.2 Å². The molecule has 0 amide bonds. The molecular formula is C14H24N2OS. The maximum atomic E-state index is 6.21. The van der Waals surface area contributed by atoms with Crippen LogP contribution in [-0.2, 0) is 16.6 Å². The van der Waals surface area contributed by atoms with E-state index >= 15 is 0 Å². The Morgan fingerprint density at radius 3 is 2.89 bits per heavy atom. The monoisotopic (exact) mass is 268 g/mol. The third kappa shape index (κ3) is 3.77. The van der Waals surface area contributed by atoms with Crippen molar-refractivity contribution in [2.24, 2.45) is 11.7 Å². The standard InChI is InChI=1S/C14H24N2OS/c1-14(2,3)12-9-18-13(16-12)7-11(15)6-10-4-5-17-8-10/h9-11H,4-8,15H2,1-3H3. The molecule has 1 fully saturated rings. The van der Waals surface area contributed by atoms with Crippen LogP contribution in [0.3, 0.4) is 0 Å². The van der Waals surface area contributed by atoms with Crippen LogP contribution in [0.1, 0.15) is 44.3 Å². The van der Waals surface area contributed by atoms with E-state index in [-0.39, 0.29) is 11.5 Å². The smallest absolute Gasteiger partial charge is 0.0943 e. The normalized spacial score (nSPS) is 22.3. The fraction of sp³-hybridized carbons (Fsp3) is 0.786. The van der Waals surface area contributed by atoms with Crippen LogP contribution in [0.5, 0.6) is 0 Å². The van der Waals surface area contributed by atoms with E-state index in [1.807, 2.05) is 0 Å². The highest BCUT2D eigenvalue weighted by Gasteiger charge is 2.21. The summed E-state index contributed by atoms with van der Waals surface area (Å²) >= 11 is 1.74. The Morgan fingerprint density at radius 2 is 2.33 bits per heavy atom. The number of nitrogens with two attached hydrogens (primary N) is 1. The van der Waals surface area contributed by atoms with Gasteiger partial charge in [-0.2, -0.15) is 0 Å². The number of hydrogen-bond donors (Lipinski definition) is 1. The van der Waals surface area contributed by atoms with Crippen LogP contribution in [0.15, 0.2) is 5.38 Å². The van der Waals surface area contributed by atoms with Gasteiger partial charge in [0.1, 0.15) is 0 Å². The van der Waals surface area contributed by atoms with Crippen molar-refractivity contribution in [3.63, 3.8) is 0 Å². The van der Waals surface area contributed by atoms with Gasteiger partial charge in [-0.1, -0.05) is 20.8 Å². The van der Waals surface area contributed by atoms with Crippen LogP contribution in [0, 0.1) is 5.92 Å². The molecule has 0 saturated carbocycles. The molecule has 1 saturated heterocycles. The molecule has 1 aliphatic rings. The van der Waals surface area contributed by atoms with Crippen LogP contribution >= 0.6 is 11.3 Å². The number of ether oxygens (including phenoxy) is 1. The van der Waals surface area contributed by atoms with Gasteiger partial charge in [0.05, 0.1) is 10.7 Å². The lowest BCUT2D eigenvalue weighted by atomic mass is 9.93. The molecule has 0 spiro atoms. The second-order valence-corrected chi connectivity index (χ2v) is 7.25. The molecule has 4 heteroatoms. The summed E-state index contributed by atoms with van der Waals surface area (Å²) in [5.74, 6) is 0.655. The minimum Gasteiger partial charge on any atom is -0.381 e. The van der Waals surface area contributed by atoms with E-state index in [0.717, 1.165) is 26.1 Å². The van der Waals surface area contributed by atoms with E-state index in [1.165, 1.54) is 17.1 Å². The molecule has 0 aliphatic carbocycles. The zero-order valence-corrected chi connectivity index (χ0v) is 12.4. The topological polar surface area (TPSA) is 48.1 Å². The van der Waals surface area contributed by atoms with Crippen molar-refractivity contribution < 1.29 is 4.74 Å². The fourth-order valence-electron chi connectivity index (χ4n) is 2.25. The molecular weight excluding hydrogens is 244 g/mol. The van der Waals surface area contributed by atoms with Crippen LogP contribution in [-0.4, -0.2) is 24.2 Å². The largest absolute Gasteiger partial charge is 0.381 e. The summed E-state index contributed by atoms with van der Waals surface area (Å²) in [5, 5.41) is 3.34. The van der Waals surface area contributed by atoms with Gasteiger partial charge >= 0.3 is 0 Å². The van der Waals surface area contributed by atoms with E-state index in [9.17, 15) is 0 Å². The minimum absolute atomic E-state index is 0.137. The van der Waals surface area contributed by atoms with E-state index in [1.54, 1.807) is 11.3 Å². The Labute approximate surface area is 114 Å². The van der Waals surface area contributed by atoms with Crippen molar-refractivity contribution in [1.29, 1.82) is 0 Å². The van der Waals surface area contributed by atoms with Gasteiger partial charge in [-0.15, -0.1) is 11.3 Å². The summed E-state index contributed by atoms with van der Waals surface area (Å²) in [7, 11) is 0. The molecule has 102 valence electrons. The van der Waals surface area contributed by atoms with E-state index < -0.39 is 0 Å². The van der Waals surface area contributed by atoms with E-state index in [0.29, 0.717) is 5.92 Å². The molecule has 2 heterocycles. The van der Waals surface area contributed by atoms with Gasteiger partial charge in [-0.3, -0.25) is 0 Å². The molecule has 0 aromatic carbocycles. The highest BCUT2D eigenvalue weighted by Crippen LogP contribution is 2.25. The summed E-state index contributed by atoms with van der Waals surface area (Å²) in [4.78, 5) is 4.70. The second-order valence-electron chi connectivity index (χ2n) is 6.31. The zero-order valence-electron chi connectivity index (χ0n) is 11.6. The number of hydrogen-bond acceptors (Lipinski definition) is 4. The lowest BCUT2D eigenvalue weighted by Gasteiger charge is -2.15. The third-order valence-corrected chi connectivity index (χ3v) is 4.29. The Balaban J connectivity index is 1.86. The number of aromatic nitrogens is 1. The lowest BCUT2D eigenvalue weighted by molar-refractivity contribution is 0.182. The summed E-state index contributed by atoms with van der Waals surface area (Å²) in [6.07, 6.45) is 3.13. The molecule has 18 heavy (non-hydrogen) atoms. The molecule has 2 unspecified atom stereocenters. The Morgan fingerprint density at radius 1 is 1.56 bits per heavy atom. The van der Waals surface area contributed by atoms with Gasteiger partial charge < -0.3 is 10.5 Å². The molecule has 0 radical (unpaired) electrons. The van der Waals surface area contributed by atoms with E-state index in [4.69, 9.17) is 15.5 Å².